The molecule has 2 aromatic rings. The molecule has 1 unspecified atom stereocenters. The average molecular weight is 444 g/mol. The Kier molecular flexibility index (Phi) is 7.00. The number of carbonyl (C=O) groups excluding carboxylic acids is 3. The van der Waals surface area contributed by atoms with Gasteiger partial charge in [-0.05, 0) is 37.8 Å². The van der Waals surface area contributed by atoms with Crippen molar-refractivity contribution in [3.63, 3.8) is 0 Å². The van der Waals surface area contributed by atoms with Gasteiger partial charge in [-0.25, -0.2) is 0 Å². The largest absolute Gasteiger partial charge is 0.393 e. The number of fused-ring (bicyclic) bond motifs is 1. The van der Waals surface area contributed by atoms with E-state index in [1.165, 1.54) is 12.2 Å². The Labute approximate surface area is 184 Å². The quantitative estimate of drug-likeness (QED) is 0.188. The first-order valence-electron chi connectivity index (χ1n) is 10.5. The fourth-order valence-electron chi connectivity index (χ4n) is 4.06. The maximum absolute atomic E-state index is 12.8. The van der Waals surface area contributed by atoms with Crippen molar-refractivity contribution in [1.29, 1.82) is 0 Å². The highest BCUT2D eigenvalue weighted by Crippen LogP contribution is 2.40. The van der Waals surface area contributed by atoms with E-state index >= 15 is 0 Å². The highest BCUT2D eigenvalue weighted by atomic mass is 33.1. The van der Waals surface area contributed by atoms with E-state index in [0.29, 0.717) is 29.5 Å². The zero-order valence-corrected chi connectivity index (χ0v) is 18.4. The summed E-state index contributed by atoms with van der Waals surface area (Å²) in [5, 5.41) is 0.701. The third kappa shape index (κ3) is 4.83. The van der Waals surface area contributed by atoms with Gasteiger partial charge in [0.25, 0.3) is 0 Å². The number of benzene rings is 1. The third-order valence-corrected chi connectivity index (χ3v) is 8.67. The topological polar surface area (TPSA) is 65.4 Å². The predicted octanol–water partition coefficient (Wildman–Crippen LogP) is 4.99. The van der Waals surface area contributed by atoms with Crippen LogP contribution in [0.1, 0.15) is 66.2 Å². The van der Waals surface area contributed by atoms with Gasteiger partial charge in [-0.15, -0.1) is 0 Å². The summed E-state index contributed by atoms with van der Waals surface area (Å²) in [7, 11) is 3.87. The van der Waals surface area contributed by atoms with E-state index in [1.807, 2.05) is 44.4 Å². The summed E-state index contributed by atoms with van der Waals surface area (Å²) in [6.07, 6.45) is 4.93. The van der Waals surface area contributed by atoms with Crippen molar-refractivity contribution in [3.05, 3.63) is 59.4 Å². The molecule has 0 radical (unpaired) electrons. The van der Waals surface area contributed by atoms with Gasteiger partial charge < -0.3 is 9.30 Å². The van der Waals surface area contributed by atoms with E-state index in [9.17, 15) is 14.4 Å². The molecule has 30 heavy (non-hydrogen) atoms. The van der Waals surface area contributed by atoms with Gasteiger partial charge in [-0.2, -0.15) is 0 Å². The van der Waals surface area contributed by atoms with Crippen LogP contribution in [0, 0.1) is 0 Å². The van der Waals surface area contributed by atoms with Crippen LogP contribution in [0.2, 0.25) is 0 Å². The molecule has 0 N–H and O–H groups in total. The van der Waals surface area contributed by atoms with Crippen LogP contribution >= 0.6 is 21.6 Å². The average Bonchev–Trinajstić information content (AvgIpc) is 3.49. The number of ketones is 1. The van der Waals surface area contributed by atoms with Gasteiger partial charge in [0.2, 0.25) is 5.78 Å². The Morgan fingerprint density at radius 2 is 1.87 bits per heavy atom. The molecule has 0 saturated carbocycles. The van der Waals surface area contributed by atoms with Crippen LogP contribution in [0.4, 0.5) is 0 Å². The Hall–Kier alpha value is -1.99. The molecule has 4 rings (SSSR count). The molecule has 0 amide bonds. The number of esters is 2. The predicted molar refractivity (Wildman–Crippen MR) is 120 cm³/mol. The summed E-state index contributed by atoms with van der Waals surface area (Å²) in [6, 6.07) is 12.7. The molecule has 2 atom stereocenters. The second-order valence-electron chi connectivity index (χ2n) is 7.70. The molecule has 1 aromatic carbocycles. The van der Waals surface area contributed by atoms with Gasteiger partial charge in [0.1, 0.15) is 0 Å². The molecule has 0 spiro atoms. The number of nitrogens with zero attached hydrogens (tertiary/aromatic N) is 1. The summed E-state index contributed by atoms with van der Waals surface area (Å²) in [4.78, 5) is 37.4. The second-order valence-corrected chi connectivity index (χ2v) is 10.5. The standard InChI is InChI=1S/C23H25NO4S2/c25-21(9-5-4-8-17-13-15-29-30-17)28-23(27)18-12-14-24-19(18)10-11-20(24)22(26)16-6-2-1-3-7-16/h1-3,6-7,10-11,17-18H,4-5,8-9,12-15H2/t17-,18?/m1/s1. The van der Waals surface area contributed by atoms with Gasteiger partial charge in [0, 0.05) is 35.2 Å². The summed E-state index contributed by atoms with van der Waals surface area (Å²) < 4.78 is 7.01. The van der Waals surface area contributed by atoms with E-state index < -0.39 is 17.9 Å². The van der Waals surface area contributed by atoms with Crippen LogP contribution < -0.4 is 0 Å². The van der Waals surface area contributed by atoms with E-state index in [1.54, 1.807) is 24.3 Å². The van der Waals surface area contributed by atoms with Crippen molar-refractivity contribution >= 4 is 39.3 Å². The normalized spacial score (nSPS) is 20.1. The smallest absolute Gasteiger partial charge is 0.322 e. The summed E-state index contributed by atoms with van der Waals surface area (Å²) in [5.41, 5.74) is 1.94. The van der Waals surface area contributed by atoms with Crippen molar-refractivity contribution in [2.24, 2.45) is 0 Å². The minimum Gasteiger partial charge on any atom is -0.393 e. The van der Waals surface area contributed by atoms with E-state index in [2.05, 4.69) is 0 Å². The molecule has 3 heterocycles. The molecule has 1 fully saturated rings. The lowest BCUT2D eigenvalue weighted by molar-refractivity contribution is -0.160. The molecule has 2 aliphatic heterocycles. The highest BCUT2D eigenvalue weighted by Gasteiger charge is 2.34. The van der Waals surface area contributed by atoms with Crippen molar-refractivity contribution in [3.8, 4) is 0 Å². The zero-order chi connectivity index (χ0) is 20.9. The van der Waals surface area contributed by atoms with Crippen LogP contribution in [-0.2, 0) is 20.9 Å². The molecule has 0 aliphatic carbocycles. The summed E-state index contributed by atoms with van der Waals surface area (Å²) in [5.74, 6) is -0.283. The molecular formula is C23H25NO4S2. The minimum atomic E-state index is -0.502. The molecule has 158 valence electrons. The van der Waals surface area contributed by atoms with E-state index in [-0.39, 0.29) is 12.2 Å². The first-order valence-corrected chi connectivity index (χ1v) is 12.8. The fraction of sp³-hybridized carbons (Fsp3) is 0.435. The number of rotatable bonds is 8. The SMILES string of the molecule is O=C(CCCC[C@@H]1CCSS1)OC(=O)C1CCn2c(C(=O)c3ccccc3)ccc21. The molecular weight excluding hydrogens is 418 g/mol. The Balaban J connectivity index is 1.30. The van der Waals surface area contributed by atoms with Gasteiger partial charge >= 0.3 is 11.9 Å². The van der Waals surface area contributed by atoms with Crippen molar-refractivity contribution in [2.45, 2.75) is 56.2 Å². The maximum Gasteiger partial charge on any atom is 0.322 e. The van der Waals surface area contributed by atoms with Crippen LogP contribution in [-0.4, -0.2) is 33.3 Å². The minimum absolute atomic E-state index is 0.0641. The first kappa shape index (κ1) is 21.2. The lowest BCUT2D eigenvalue weighted by Gasteiger charge is -2.09. The number of hydrogen-bond donors (Lipinski definition) is 0. The van der Waals surface area contributed by atoms with Crippen molar-refractivity contribution in [1.82, 2.24) is 4.57 Å². The van der Waals surface area contributed by atoms with Crippen molar-refractivity contribution < 1.29 is 19.1 Å². The lowest BCUT2D eigenvalue weighted by Crippen LogP contribution is -2.18. The van der Waals surface area contributed by atoms with Crippen LogP contribution in [0.5, 0.6) is 0 Å². The number of aromatic nitrogens is 1. The zero-order valence-electron chi connectivity index (χ0n) is 16.7. The number of ether oxygens (including phenoxy) is 1. The molecule has 2 aliphatic rings. The maximum atomic E-state index is 12.8. The highest BCUT2D eigenvalue weighted by molar-refractivity contribution is 8.77. The number of unbranched alkanes of at least 4 members (excludes halogenated alkanes) is 1. The summed E-state index contributed by atoms with van der Waals surface area (Å²) >= 11 is 0. The first-order chi connectivity index (χ1) is 14.6. The number of carbonyl (C=O) groups is 3. The van der Waals surface area contributed by atoms with Crippen molar-refractivity contribution in [2.75, 3.05) is 5.75 Å². The van der Waals surface area contributed by atoms with Gasteiger partial charge in [0.05, 0.1) is 11.6 Å². The molecule has 7 heteroatoms. The molecule has 5 nitrogen and oxygen atoms in total. The van der Waals surface area contributed by atoms with Gasteiger partial charge in [-0.3, -0.25) is 14.4 Å². The Morgan fingerprint density at radius 1 is 1.03 bits per heavy atom. The number of hydrogen-bond acceptors (Lipinski definition) is 6. The van der Waals surface area contributed by atoms with Crippen LogP contribution in [0.3, 0.4) is 0 Å². The Bertz CT molecular complexity index is 919. The Morgan fingerprint density at radius 3 is 2.63 bits per heavy atom. The molecule has 1 saturated heterocycles. The van der Waals surface area contributed by atoms with E-state index in [4.69, 9.17) is 4.74 Å². The van der Waals surface area contributed by atoms with Crippen LogP contribution in [0.15, 0.2) is 42.5 Å². The summed E-state index contributed by atoms with van der Waals surface area (Å²) in [6.45, 7) is 0.571. The fourth-order valence-corrected chi connectivity index (χ4v) is 7.09. The van der Waals surface area contributed by atoms with E-state index in [0.717, 1.165) is 25.0 Å². The monoisotopic (exact) mass is 443 g/mol. The lowest BCUT2D eigenvalue weighted by atomic mass is 10.1. The van der Waals surface area contributed by atoms with Gasteiger partial charge in [-0.1, -0.05) is 58.3 Å². The molecule has 1 aromatic heterocycles. The third-order valence-electron chi connectivity index (χ3n) is 5.66. The molecule has 0 bridgehead atoms. The van der Waals surface area contributed by atoms with Crippen LogP contribution in [0.25, 0.3) is 0 Å². The second kappa shape index (κ2) is 9.88. The van der Waals surface area contributed by atoms with Gasteiger partial charge in [0.15, 0.2) is 0 Å².